The Morgan fingerprint density at radius 1 is 1.12 bits per heavy atom. The molecule has 1 heterocycles. The molecule has 33 heavy (non-hydrogen) atoms. The van der Waals surface area contributed by atoms with Crippen molar-refractivity contribution in [1.82, 2.24) is 21.1 Å². The SMILES string of the molecule is CN1CC(NC(=O)C(CC(=O)O)NC(=O)OCC2c3ccccc3-c3ccccc32)C(=O)N1. The Morgan fingerprint density at radius 3 is 2.27 bits per heavy atom. The van der Waals surface area contributed by atoms with E-state index < -0.39 is 42.4 Å². The second-order valence-corrected chi connectivity index (χ2v) is 8.04. The molecule has 0 radical (unpaired) electrons. The van der Waals surface area contributed by atoms with E-state index in [1.807, 2.05) is 48.5 Å². The Morgan fingerprint density at radius 2 is 1.73 bits per heavy atom. The number of carboxylic acids is 1. The van der Waals surface area contributed by atoms with Crippen LogP contribution in [-0.4, -0.2) is 66.3 Å². The summed E-state index contributed by atoms with van der Waals surface area (Å²) in [5.74, 6) is -2.64. The number of fused-ring (bicyclic) bond motifs is 3. The average Bonchev–Trinajstić information content (AvgIpc) is 3.27. The summed E-state index contributed by atoms with van der Waals surface area (Å²) in [7, 11) is 1.63. The van der Waals surface area contributed by atoms with Crippen LogP contribution in [0, 0.1) is 0 Å². The highest BCUT2D eigenvalue weighted by Gasteiger charge is 2.34. The van der Waals surface area contributed by atoms with Crippen LogP contribution in [0.25, 0.3) is 11.1 Å². The molecule has 2 aromatic carbocycles. The molecule has 3 amide bonds. The van der Waals surface area contributed by atoms with Gasteiger partial charge in [0.25, 0.3) is 5.91 Å². The molecule has 4 N–H and O–H groups in total. The molecule has 2 atom stereocenters. The van der Waals surface area contributed by atoms with Gasteiger partial charge in [-0.1, -0.05) is 48.5 Å². The second kappa shape index (κ2) is 9.29. The number of likely N-dealkylation sites (N-methyl/N-ethyl adjacent to an activating group) is 1. The zero-order valence-corrected chi connectivity index (χ0v) is 17.9. The number of benzene rings is 2. The maximum absolute atomic E-state index is 12.6. The molecule has 10 nitrogen and oxygen atoms in total. The molecule has 4 rings (SSSR count). The van der Waals surface area contributed by atoms with Gasteiger partial charge in [0.15, 0.2) is 0 Å². The van der Waals surface area contributed by atoms with Crippen molar-refractivity contribution < 1.29 is 29.0 Å². The van der Waals surface area contributed by atoms with E-state index in [0.717, 1.165) is 22.3 Å². The molecular formula is C23H24N4O6. The van der Waals surface area contributed by atoms with Gasteiger partial charge in [-0.25, -0.2) is 9.80 Å². The fraction of sp³-hybridized carbons (Fsp3) is 0.304. The lowest BCUT2D eigenvalue weighted by Gasteiger charge is -2.20. The van der Waals surface area contributed by atoms with Crippen molar-refractivity contribution >= 4 is 23.9 Å². The van der Waals surface area contributed by atoms with Crippen LogP contribution in [0.4, 0.5) is 4.79 Å². The molecule has 2 unspecified atom stereocenters. The van der Waals surface area contributed by atoms with Crippen molar-refractivity contribution in [3.63, 3.8) is 0 Å². The first-order valence-electron chi connectivity index (χ1n) is 10.5. The highest BCUT2D eigenvalue weighted by molar-refractivity contribution is 5.93. The molecule has 0 saturated carbocycles. The van der Waals surface area contributed by atoms with Gasteiger partial charge in [-0.15, -0.1) is 0 Å². The van der Waals surface area contributed by atoms with E-state index in [2.05, 4.69) is 16.1 Å². The van der Waals surface area contributed by atoms with E-state index >= 15 is 0 Å². The zero-order valence-electron chi connectivity index (χ0n) is 17.9. The van der Waals surface area contributed by atoms with E-state index in [0.29, 0.717) is 0 Å². The largest absolute Gasteiger partial charge is 0.481 e. The summed E-state index contributed by atoms with van der Waals surface area (Å²) in [6, 6.07) is 13.5. The van der Waals surface area contributed by atoms with E-state index in [-0.39, 0.29) is 19.1 Å². The number of carboxylic acid groups (broad SMARTS) is 1. The summed E-state index contributed by atoms with van der Waals surface area (Å²) in [5, 5.41) is 15.4. The predicted octanol–water partition coefficient (Wildman–Crippen LogP) is 0.830. The number of hydrazine groups is 1. The van der Waals surface area contributed by atoms with Gasteiger partial charge in [0.2, 0.25) is 5.91 Å². The summed E-state index contributed by atoms with van der Waals surface area (Å²) < 4.78 is 5.40. The number of aliphatic carboxylic acids is 1. The number of carbonyl (C=O) groups is 4. The van der Waals surface area contributed by atoms with E-state index in [4.69, 9.17) is 9.84 Å². The molecule has 0 aromatic heterocycles. The lowest BCUT2D eigenvalue weighted by molar-refractivity contribution is -0.140. The topological polar surface area (TPSA) is 137 Å². The zero-order chi connectivity index (χ0) is 23.5. The maximum Gasteiger partial charge on any atom is 0.407 e. The minimum Gasteiger partial charge on any atom is -0.481 e. The van der Waals surface area contributed by atoms with Gasteiger partial charge >= 0.3 is 12.1 Å². The molecule has 0 bridgehead atoms. The summed E-state index contributed by atoms with van der Waals surface area (Å²) in [6.07, 6.45) is -1.56. The highest BCUT2D eigenvalue weighted by atomic mass is 16.5. The van der Waals surface area contributed by atoms with Gasteiger partial charge in [-0.3, -0.25) is 19.8 Å². The molecule has 0 spiro atoms. The minimum atomic E-state index is -1.39. The van der Waals surface area contributed by atoms with Crippen molar-refractivity contribution in [3.8, 4) is 11.1 Å². The number of amides is 3. The molecule has 1 fully saturated rings. The monoisotopic (exact) mass is 452 g/mol. The van der Waals surface area contributed by atoms with Gasteiger partial charge in [-0.05, 0) is 22.3 Å². The van der Waals surface area contributed by atoms with Gasteiger partial charge in [0.05, 0.1) is 6.42 Å². The fourth-order valence-corrected chi connectivity index (χ4v) is 4.22. The number of rotatable bonds is 7. The Bertz CT molecular complexity index is 1060. The van der Waals surface area contributed by atoms with Gasteiger partial charge < -0.3 is 20.5 Å². The van der Waals surface area contributed by atoms with Crippen LogP contribution >= 0.6 is 0 Å². The number of nitrogens with zero attached hydrogens (tertiary/aromatic N) is 1. The summed E-state index contributed by atoms with van der Waals surface area (Å²) in [4.78, 5) is 48.1. The lowest BCUT2D eigenvalue weighted by Crippen LogP contribution is -2.52. The maximum atomic E-state index is 12.6. The minimum absolute atomic E-state index is 0.0249. The van der Waals surface area contributed by atoms with Crippen LogP contribution in [0.3, 0.4) is 0 Å². The van der Waals surface area contributed by atoms with Crippen LogP contribution in [0.2, 0.25) is 0 Å². The van der Waals surface area contributed by atoms with Crippen molar-refractivity contribution in [2.24, 2.45) is 0 Å². The third kappa shape index (κ3) is 4.80. The average molecular weight is 452 g/mol. The van der Waals surface area contributed by atoms with Crippen LogP contribution in [-0.2, 0) is 19.1 Å². The molecule has 10 heteroatoms. The quantitative estimate of drug-likeness (QED) is 0.488. The van der Waals surface area contributed by atoms with Crippen LogP contribution < -0.4 is 16.1 Å². The third-order valence-electron chi connectivity index (χ3n) is 5.72. The number of nitrogens with one attached hydrogen (secondary N) is 3. The van der Waals surface area contributed by atoms with Crippen molar-refractivity contribution in [1.29, 1.82) is 0 Å². The van der Waals surface area contributed by atoms with Crippen molar-refractivity contribution in [2.75, 3.05) is 20.2 Å². The Labute approximate surface area is 189 Å². The molecule has 1 aliphatic heterocycles. The molecular weight excluding hydrogens is 428 g/mol. The van der Waals surface area contributed by atoms with Gasteiger partial charge in [0.1, 0.15) is 18.7 Å². The molecule has 1 aliphatic carbocycles. The summed E-state index contributed by atoms with van der Waals surface area (Å²) in [6.45, 7) is 0.242. The highest BCUT2D eigenvalue weighted by Crippen LogP contribution is 2.44. The number of hydrogen-bond acceptors (Lipinski definition) is 6. The molecule has 2 aliphatic rings. The van der Waals surface area contributed by atoms with Gasteiger partial charge in [0, 0.05) is 19.5 Å². The third-order valence-corrected chi connectivity index (χ3v) is 5.72. The second-order valence-electron chi connectivity index (χ2n) is 8.04. The summed E-state index contributed by atoms with van der Waals surface area (Å²) >= 11 is 0. The lowest BCUT2D eigenvalue weighted by atomic mass is 9.98. The van der Waals surface area contributed by atoms with Crippen LogP contribution in [0.5, 0.6) is 0 Å². The predicted molar refractivity (Wildman–Crippen MR) is 117 cm³/mol. The summed E-state index contributed by atoms with van der Waals surface area (Å²) in [5.41, 5.74) is 6.72. The molecule has 2 aromatic rings. The van der Waals surface area contributed by atoms with Gasteiger partial charge in [-0.2, -0.15) is 0 Å². The standard InChI is InChI=1S/C23H24N4O6/c1-27-11-19(22(31)26-27)24-21(30)18(10-20(28)29)25-23(32)33-12-17-15-8-4-2-6-13(15)14-7-3-5-9-16(14)17/h2-9,17-19H,10-12H2,1H3,(H,24,30)(H,25,32)(H,26,31)(H,28,29). The number of ether oxygens (including phenoxy) is 1. The van der Waals surface area contributed by atoms with Crippen LogP contribution in [0.15, 0.2) is 48.5 Å². The van der Waals surface area contributed by atoms with E-state index in [1.165, 1.54) is 5.01 Å². The Balaban J connectivity index is 1.40. The smallest absolute Gasteiger partial charge is 0.407 e. The Kier molecular flexibility index (Phi) is 6.27. The first kappa shape index (κ1) is 22.3. The molecule has 172 valence electrons. The first-order valence-corrected chi connectivity index (χ1v) is 10.5. The van der Waals surface area contributed by atoms with Crippen molar-refractivity contribution in [3.05, 3.63) is 59.7 Å². The number of hydrogen-bond donors (Lipinski definition) is 4. The number of alkyl carbamates (subject to hydrolysis) is 1. The van der Waals surface area contributed by atoms with Crippen molar-refractivity contribution in [2.45, 2.75) is 24.4 Å². The molecule has 1 saturated heterocycles. The first-order chi connectivity index (χ1) is 15.8. The van der Waals surface area contributed by atoms with E-state index in [9.17, 15) is 19.2 Å². The Hall–Kier alpha value is -3.92. The normalized spacial score (nSPS) is 18.1. The van der Waals surface area contributed by atoms with E-state index in [1.54, 1.807) is 7.05 Å². The number of carbonyl (C=O) groups excluding carboxylic acids is 3. The van der Waals surface area contributed by atoms with Crippen LogP contribution in [0.1, 0.15) is 23.5 Å². The fourth-order valence-electron chi connectivity index (χ4n) is 4.22.